The van der Waals surface area contributed by atoms with Crippen LogP contribution in [0.1, 0.15) is 21.6 Å². The van der Waals surface area contributed by atoms with E-state index in [2.05, 4.69) is 10.3 Å². The zero-order valence-corrected chi connectivity index (χ0v) is 11.3. The van der Waals surface area contributed by atoms with Crippen LogP contribution in [0.2, 0.25) is 0 Å². The van der Waals surface area contributed by atoms with Gasteiger partial charge in [-0.3, -0.25) is 4.79 Å². The highest BCUT2D eigenvalue weighted by molar-refractivity contribution is 5.94. The Kier molecular flexibility index (Phi) is 4.30. The highest BCUT2D eigenvalue weighted by Gasteiger charge is 2.08. The van der Waals surface area contributed by atoms with Crippen molar-refractivity contribution < 1.29 is 13.9 Å². The smallest absolute Gasteiger partial charge is 0.251 e. The lowest BCUT2D eigenvalue weighted by Gasteiger charge is -2.07. The SMILES string of the molecule is COc1cccc(CNC(=O)c2cc(C)cc(F)c2)n1. The number of rotatable bonds is 4. The minimum Gasteiger partial charge on any atom is -0.481 e. The first-order chi connectivity index (χ1) is 9.58. The third-order valence-electron chi connectivity index (χ3n) is 2.72. The summed E-state index contributed by atoms with van der Waals surface area (Å²) < 4.78 is 18.2. The van der Waals surface area contributed by atoms with Crippen LogP contribution in [0, 0.1) is 12.7 Å². The number of nitrogens with zero attached hydrogens (tertiary/aromatic N) is 1. The predicted molar refractivity (Wildman–Crippen MR) is 73.1 cm³/mol. The van der Waals surface area contributed by atoms with Gasteiger partial charge in [0, 0.05) is 11.6 Å². The van der Waals surface area contributed by atoms with E-state index in [1.807, 2.05) is 0 Å². The number of halogens is 1. The largest absolute Gasteiger partial charge is 0.481 e. The molecule has 2 aromatic rings. The van der Waals surface area contributed by atoms with Gasteiger partial charge < -0.3 is 10.1 Å². The summed E-state index contributed by atoms with van der Waals surface area (Å²) in [4.78, 5) is 16.1. The number of benzene rings is 1. The van der Waals surface area contributed by atoms with Crippen LogP contribution in [-0.4, -0.2) is 18.0 Å². The number of ether oxygens (including phenoxy) is 1. The minimum atomic E-state index is -0.422. The molecule has 0 aliphatic carbocycles. The molecule has 104 valence electrons. The molecule has 5 heteroatoms. The summed E-state index contributed by atoms with van der Waals surface area (Å²) in [6.07, 6.45) is 0. The summed E-state index contributed by atoms with van der Waals surface area (Å²) >= 11 is 0. The summed E-state index contributed by atoms with van der Waals surface area (Å²) in [6, 6.07) is 9.51. The second kappa shape index (κ2) is 6.14. The summed E-state index contributed by atoms with van der Waals surface area (Å²) in [7, 11) is 1.53. The van der Waals surface area contributed by atoms with Crippen molar-refractivity contribution in [3.05, 3.63) is 59.0 Å². The molecule has 1 aromatic carbocycles. The monoisotopic (exact) mass is 274 g/mol. The van der Waals surface area contributed by atoms with Gasteiger partial charge in [0.1, 0.15) is 5.82 Å². The molecule has 0 aliphatic rings. The zero-order valence-electron chi connectivity index (χ0n) is 11.3. The normalized spacial score (nSPS) is 10.2. The molecule has 1 heterocycles. The van der Waals surface area contributed by atoms with Crippen molar-refractivity contribution in [2.45, 2.75) is 13.5 Å². The molecule has 0 unspecified atom stereocenters. The van der Waals surface area contributed by atoms with Crippen molar-refractivity contribution in [3.63, 3.8) is 0 Å². The molecule has 0 bridgehead atoms. The Labute approximate surface area is 116 Å². The molecule has 0 spiro atoms. The Bertz CT molecular complexity index is 609. The second-order valence-corrected chi connectivity index (χ2v) is 4.37. The van der Waals surface area contributed by atoms with Crippen molar-refractivity contribution in [3.8, 4) is 5.88 Å². The van der Waals surface area contributed by atoms with Gasteiger partial charge in [-0.1, -0.05) is 6.07 Å². The van der Waals surface area contributed by atoms with E-state index in [0.29, 0.717) is 22.7 Å². The quantitative estimate of drug-likeness (QED) is 0.931. The molecule has 1 N–H and O–H groups in total. The van der Waals surface area contributed by atoms with Gasteiger partial charge in [-0.2, -0.15) is 0 Å². The van der Waals surface area contributed by atoms with E-state index < -0.39 is 5.82 Å². The van der Waals surface area contributed by atoms with Crippen LogP contribution in [0.3, 0.4) is 0 Å². The van der Waals surface area contributed by atoms with Gasteiger partial charge in [0.2, 0.25) is 5.88 Å². The lowest BCUT2D eigenvalue weighted by molar-refractivity contribution is 0.0949. The van der Waals surface area contributed by atoms with Gasteiger partial charge in [0.15, 0.2) is 0 Å². The lowest BCUT2D eigenvalue weighted by Crippen LogP contribution is -2.23. The Morgan fingerprint density at radius 1 is 1.35 bits per heavy atom. The maximum Gasteiger partial charge on any atom is 0.251 e. The van der Waals surface area contributed by atoms with Gasteiger partial charge in [0.25, 0.3) is 5.91 Å². The summed E-state index contributed by atoms with van der Waals surface area (Å²) in [6.45, 7) is 2.00. The molecule has 0 fully saturated rings. The molecular weight excluding hydrogens is 259 g/mol. The molecule has 0 saturated heterocycles. The Morgan fingerprint density at radius 3 is 2.85 bits per heavy atom. The number of carbonyl (C=O) groups is 1. The van der Waals surface area contributed by atoms with E-state index in [0.717, 1.165) is 0 Å². The number of carbonyl (C=O) groups excluding carboxylic acids is 1. The van der Waals surface area contributed by atoms with Crippen molar-refractivity contribution in [2.24, 2.45) is 0 Å². The fraction of sp³-hybridized carbons (Fsp3) is 0.200. The number of amides is 1. The molecule has 0 aliphatic heterocycles. The summed E-state index contributed by atoms with van der Waals surface area (Å²) in [5, 5.41) is 2.70. The Hall–Kier alpha value is -2.43. The first-order valence-electron chi connectivity index (χ1n) is 6.14. The number of pyridine rings is 1. The van der Waals surface area contributed by atoms with Crippen LogP contribution in [0.4, 0.5) is 4.39 Å². The second-order valence-electron chi connectivity index (χ2n) is 4.37. The van der Waals surface area contributed by atoms with Gasteiger partial charge in [-0.15, -0.1) is 0 Å². The molecular formula is C15H15FN2O2. The molecule has 0 saturated carbocycles. The maximum atomic E-state index is 13.2. The van der Waals surface area contributed by atoms with Crippen LogP contribution in [-0.2, 0) is 6.54 Å². The van der Waals surface area contributed by atoms with E-state index in [4.69, 9.17) is 4.74 Å². The number of nitrogens with one attached hydrogen (secondary N) is 1. The number of hydrogen-bond donors (Lipinski definition) is 1. The van der Waals surface area contributed by atoms with Crippen molar-refractivity contribution in [1.82, 2.24) is 10.3 Å². The highest BCUT2D eigenvalue weighted by atomic mass is 19.1. The topological polar surface area (TPSA) is 51.2 Å². The predicted octanol–water partition coefficient (Wildman–Crippen LogP) is 2.47. The lowest BCUT2D eigenvalue weighted by atomic mass is 10.1. The van der Waals surface area contributed by atoms with E-state index in [1.165, 1.54) is 19.2 Å². The van der Waals surface area contributed by atoms with E-state index >= 15 is 0 Å². The average molecular weight is 274 g/mol. The first kappa shape index (κ1) is 14.0. The van der Waals surface area contributed by atoms with Crippen LogP contribution in [0.5, 0.6) is 5.88 Å². The van der Waals surface area contributed by atoms with Crippen LogP contribution in [0.15, 0.2) is 36.4 Å². The molecule has 1 amide bonds. The highest BCUT2D eigenvalue weighted by Crippen LogP contribution is 2.09. The van der Waals surface area contributed by atoms with Crippen LogP contribution >= 0.6 is 0 Å². The number of aryl methyl sites for hydroxylation is 1. The minimum absolute atomic E-state index is 0.256. The van der Waals surface area contributed by atoms with E-state index in [1.54, 1.807) is 31.2 Å². The Balaban J connectivity index is 2.04. The number of aromatic nitrogens is 1. The number of methoxy groups -OCH3 is 1. The molecule has 4 nitrogen and oxygen atoms in total. The molecule has 1 aromatic heterocycles. The average Bonchev–Trinajstić information content (AvgIpc) is 2.44. The van der Waals surface area contributed by atoms with Gasteiger partial charge in [-0.25, -0.2) is 9.37 Å². The third-order valence-corrected chi connectivity index (χ3v) is 2.72. The summed E-state index contributed by atoms with van der Waals surface area (Å²) in [5.41, 5.74) is 1.67. The number of hydrogen-bond acceptors (Lipinski definition) is 3. The fourth-order valence-electron chi connectivity index (χ4n) is 1.81. The van der Waals surface area contributed by atoms with Gasteiger partial charge >= 0.3 is 0 Å². The molecule has 2 rings (SSSR count). The first-order valence-corrected chi connectivity index (χ1v) is 6.14. The van der Waals surface area contributed by atoms with E-state index in [-0.39, 0.29) is 12.5 Å². The standard InChI is InChI=1S/C15H15FN2O2/c1-10-6-11(8-12(16)7-10)15(19)17-9-13-4-3-5-14(18-13)20-2/h3-8H,9H2,1-2H3,(H,17,19). The maximum absolute atomic E-state index is 13.2. The van der Waals surface area contributed by atoms with Crippen LogP contribution in [0.25, 0.3) is 0 Å². The third kappa shape index (κ3) is 3.54. The Morgan fingerprint density at radius 2 is 2.15 bits per heavy atom. The molecule has 20 heavy (non-hydrogen) atoms. The summed E-state index contributed by atoms with van der Waals surface area (Å²) in [5.74, 6) is -0.273. The van der Waals surface area contributed by atoms with Gasteiger partial charge in [-0.05, 0) is 36.8 Å². The molecule has 0 atom stereocenters. The van der Waals surface area contributed by atoms with Crippen molar-refractivity contribution in [1.29, 1.82) is 0 Å². The van der Waals surface area contributed by atoms with Gasteiger partial charge in [0.05, 0.1) is 19.3 Å². The van der Waals surface area contributed by atoms with Crippen LogP contribution < -0.4 is 10.1 Å². The zero-order chi connectivity index (χ0) is 14.5. The van der Waals surface area contributed by atoms with Crippen molar-refractivity contribution in [2.75, 3.05) is 7.11 Å². The van der Waals surface area contributed by atoms with E-state index in [9.17, 15) is 9.18 Å². The fourth-order valence-corrected chi connectivity index (χ4v) is 1.81. The van der Waals surface area contributed by atoms with Crippen molar-refractivity contribution >= 4 is 5.91 Å². The molecule has 0 radical (unpaired) electrons.